The first kappa shape index (κ1) is 18.0. The van der Waals surface area contributed by atoms with Crippen molar-refractivity contribution in [1.29, 1.82) is 5.41 Å². The van der Waals surface area contributed by atoms with Gasteiger partial charge in [-0.3, -0.25) is 5.41 Å². The fraction of sp³-hybridized carbons (Fsp3) is 0.500. The highest BCUT2D eigenvalue weighted by Crippen LogP contribution is 2.09. The van der Waals surface area contributed by atoms with Crippen molar-refractivity contribution in [2.45, 2.75) is 26.3 Å². The van der Waals surface area contributed by atoms with Crippen LogP contribution in [-0.4, -0.2) is 55.6 Å². The monoisotopic (exact) mass is 279 g/mol. The Hall–Kier alpha value is -1.95. The molecule has 0 aromatic rings. The molecule has 0 aromatic heterocycles. The molecule has 0 radical (unpaired) electrons. The zero-order valence-electron chi connectivity index (χ0n) is 12.8. The number of ether oxygens (including phenoxy) is 1. The van der Waals surface area contributed by atoms with Crippen LogP contribution >= 0.6 is 0 Å². The van der Waals surface area contributed by atoms with E-state index < -0.39 is 0 Å². The van der Waals surface area contributed by atoms with Crippen molar-refractivity contribution in [3.8, 4) is 0 Å². The Morgan fingerprint density at radius 3 is 2.60 bits per heavy atom. The average Bonchev–Trinajstić information content (AvgIpc) is 2.44. The number of hydrogen-bond acceptors (Lipinski definition) is 4. The maximum Gasteiger partial charge on any atom is 0.159 e. The smallest absolute Gasteiger partial charge is 0.159 e. The van der Waals surface area contributed by atoms with Crippen LogP contribution in [0.3, 0.4) is 0 Å². The minimum atomic E-state index is 0.333. The van der Waals surface area contributed by atoms with E-state index in [9.17, 15) is 0 Å². The highest BCUT2D eigenvalue weighted by Gasteiger charge is 2.11. The third-order valence-electron chi connectivity index (χ3n) is 2.91. The summed E-state index contributed by atoms with van der Waals surface area (Å²) in [5.41, 5.74) is 0.868. The molecular weight excluding hydrogens is 254 g/mol. The maximum atomic E-state index is 7.13. The van der Waals surface area contributed by atoms with Gasteiger partial charge in [-0.25, -0.2) is 10.0 Å². The van der Waals surface area contributed by atoms with Gasteiger partial charge in [0.2, 0.25) is 0 Å². The minimum Gasteiger partial charge on any atom is -0.385 e. The van der Waals surface area contributed by atoms with Gasteiger partial charge in [0, 0.05) is 51.5 Å². The standard InChI is InChI=1S/C14H25N5O/c1-7-19(16-4)14(17-11-15)12(2)10-18(5)13(3)8-9-20-6/h7,10-11,13,15H,1,4,8-9H2,2-3,5-6H3/b12-10+,15-11?,17-14+. The molecule has 0 saturated heterocycles. The van der Waals surface area contributed by atoms with Gasteiger partial charge in [-0.2, -0.15) is 5.10 Å². The number of hydrazone groups is 1. The lowest BCUT2D eigenvalue weighted by Gasteiger charge is -2.25. The third-order valence-corrected chi connectivity index (χ3v) is 2.91. The summed E-state index contributed by atoms with van der Waals surface area (Å²) >= 11 is 0. The number of rotatable bonds is 9. The lowest BCUT2D eigenvalue weighted by molar-refractivity contribution is 0.168. The summed E-state index contributed by atoms with van der Waals surface area (Å²) in [7, 11) is 3.69. The van der Waals surface area contributed by atoms with Crippen molar-refractivity contribution in [2.75, 3.05) is 20.8 Å². The summed E-state index contributed by atoms with van der Waals surface area (Å²) in [6.45, 7) is 11.9. The van der Waals surface area contributed by atoms with Crippen LogP contribution in [0.5, 0.6) is 0 Å². The van der Waals surface area contributed by atoms with Crippen LogP contribution < -0.4 is 0 Å². The van der Waals surface area contributed by atoms with E-state index in [2.05, 4.69) is 35.2 Å². The molecule has 0 aliphatic rings. The summed E-state index contributed by atoms with van der Waals surface area (Å²) in [6, 6.07) is 0.333. The Kier molecular flexibility index (Phi) is 8.95. The molecule has 20 heavy (non-hydrogen) atoms. The zero-order valence-corrected chi connectivity index (χ0v) is 12.8. The summed E-state index contributed by atoms with van der Waals surface area (Å²) in [4.78, 5) is 6.08. The molecule has 1 unspecified atom stereocenters. The van der Waals surface area contributed by atoms with Gasteiger partial charge >= 0.3 is 0 Å². The number of amidine groups is 1. The van der Waals surface area contributed by atoms with Crippen LogP contribution in [0, 0.1) is 5.41 Å². The first-order valence-corrected chi connectivity index (χ1v) is 6.36. The van der Waals surface area contributed by atoms with E-state index in [-0.39, 0.29) is 0 Å². The SMILES string of the molecule is C=CN(N=C)C(=N/C=N)/C(C)=C/N(C)C(C)CCOC. The minimum absolute atomic E-state index is 0.333. The lowest BCUT2D eigenvalue weighted by atomic mass is 10.2. The second kappa shape index (κ2) is 9.91. The number of hydrogen-bond donors (Lipinski definition) is 1. The van der Waals surface area contributed by atoms with Gasteiger partial charge in [0.25, 0.3) is 0 Å². The first-order chi connectivity index (χ1) is 9.51. The molecule has 0 fully saturated rings. The van der Waals surface area contributed by atoms with Gasteiger partial charge in [-0.05, 0) is 20.3 Å². The number of methoxy groups -OCH3 is 1. The molecule has 1 atom stereocenters. The van der Waals surface area contributed by atoms with E-state index in [1.165, 1.54) is 11.2 Å². The van der Waals surface area contributed by atoms with Crippen LogP contribution in [-0.2, 0) is 4.74 Å². The molecule has 0 saturated carbocycles. The van der Waals surface area contributed by atoms with Crippen molar-refractivity contribution in [1.82, 2.24) is 9.91 Å². The molecule has 112 valence electrons. The number of nitrogens with one attached hydrogen (secondary N) is 1. The Bertz CT molecular complexity index is 381. The van der Waals surface area contributed by atoms with Gasteiger partial charge in [-0.15, -0.1) is 0 Å². The van der Waals surface area contributed by atoms with E-state index in [1.54, 1.807) is 7.11 Å². The van der Waals surface area contributed by atoms with Crippen molar-refractivity contribution in [3.05, 3.63) is 24.6 Å². The Labute approximate surface area is 121 Å². The van der Waals surface area contributed by atoms with Crippen molar-refractivity contribution in [3.63, 3.8) is 0 Å². The molecule has 0 amide bonds. The van der Waals surface area contributed by atoms with E-state index in [1.807, 2.05) is 20.2 Å². The molecular formula is C14H25N5O. The largest absolute Gasteiger partial charge is 0.385 e. The van der Waals surface area contributed by atoms with Gasteiger partial charge in [0.1, 0.15) is 6.34 Å². The quantitative estimate of drug-likeness (QED) is 0.400. The van der Waals surface area contributed by atoms with Crippen molar-refractivity contribution >= 4 is 18.9 Å². The van der Waals surface area contributed by atoms with Gasteiger partial charge in [-0.1, -0.05) is 6.58 Å². The Morgan fingerprint density at radius 1 is 1.50 bits per heavy atom. The lowest BCUT2D eigenvalue weighted by Crippen LogP contribution is -2.28. The average molecular weight is 279 g/mol. The van der Waals surface area contributed by atoms with E-state index in [4.69, 9.17) is 10.1 Å². The van der Waals surface area contributed by atoms with Crippen molar-refractivity contribution in [2.24, 2.45) is 10.1 Å². The molecule has 6 heteroatoms. The highest BCUT2D eigenvalue weighted by molar-refractivity contribution is 6.01. The first-order valence-electron chi connectivity index (χ1n) is 6.36. The molecule has 0 bridgehead atoms. The molecule has 6 nitrogen and oxygen atoms in total. The predicted octanol–water partition coefficient (Wildman–Crippen LogP) is 2.31. The molecule has 0 aliphatic carbocycles. The van der Waals surface area contributed by atoms with Crippen LogP contribution in [0.25, 0.3) is 0 Å². The second-order valence-corrected chi connectivity index (χ2v) is 4.36. The van der Waals surface area contributed by atoms with Crippen LogP contribution in [0.4, 0.5) is 0 Å². The summed E-state index contributed by atoms with van der Waals surface area (Å²) < 4.78 is 5.08. The fourth-order valence-corrected chi connectivity index (χ4v) is 1.60. The van der Waals surface area contributed by atoms with Crippen LogP contribution in [0.1, 0.15) is 20.3 Å². The van der Waals surface area contributed by atoms with Crippen LogP contribution in [0.15, 0.2) is 34.6 Å². The normalized spacial score (nSPS) is 13.6. The van der Waals surface area contributed by atoms with E-state index in [0.29, 0.717) is 18.5 Å². The summed E-state index contributed by atoms with van der Waals surface area (Å²) in [5, 5.41) is 12.4. The highest BCUT2D eigenvalue weighted by atomic mass is 16.5. The second-order valence-electron chi connectivity index (χ2n) is 4.36. The Morgan fingerprint density at radius 2 is 2.15 bits per heavy atom. The van der Waals surface area contributed by atoms with E-state index >= 15 is 0 Å². The number of nitrogens with zero attached hydrogens (tertiary/aromatic N) is 4. The molecule has 0 rings (SSSR count). The van der Waals surface area contributed by atoms with Crippen LogP contribution in [0.2, 0.25) is 0 Å². The van der Waals surface area contributed by atoms with E-state index in [0.717, 1.165) is 18.3 Å². The molecule has 0 aliphatic heterocycles. The molecule has 0 aromatic carbocycles. The van der Waals surface area contributed by atoms with Gasteiger partial charge in [0.15, 0.2) is 5.84 Å². The number of aliphatic imine (C=N–C) groups is 1. The Balaban J connectivity index is 5.05. The summed E-state index contributed by atoms with van der Waals surface area (Å²) in [6.07, 6.45) is 5.37. The fourth-order valence-electron chi connectivity index (χ4n) is 1.60. The third kappa shape index (κ3) is 5.79. The van der Waals surface area contributed by atoms with Gasteiger partial charge < -0.3 is 9.64 Å². The molecule has 0 heterocycles. The predicted molar refractivity (Wildman–Crippen MR) is 85.3 cm³/mol. The van der Waals surface area contributed by atoms with Crippen molar-refractivity contribution < 1.29 is 4.74 Å². The topological polar surface area (TPSA) is 64.3 Å². The zero-order chi connectivity index (χ0) is 15.5. The van der Waals surface area contributed by atoms with Gasteiger partial charge in [0.05, 0.1) is 0 Å². The maximum absolute atomic E-state index is 7.13. The molecule has 1 N–H and O–H groups in total. The molecule has 0 spiro atoms. The summed E-state index contributed by atoms with van der Waals surface area (Å²) in [5.74, 6) is 0.524.